The van der Waals surface area contributed by atoms with E-state index in [1.807, 2.05) is 0 Å². The summed E-state index contributed by atoms with van der Waals surface area (Å²) < 4.78 is 2.86. The van der Waals surface area contributed by atoms with Crippen LogP contribution in [-0.4, -0.2) is 11.3 Å². The summed E-state index contributed by atoms with van der Waals surface area (Å²) in [5, 5.41) is 3.98. The Kier molecular flexibility index (Phi) is 6.37. The van der Waals surface area contributed by atoms with Gasteiger partial charge in [-0.25, -0.2) is 0 Å². The Morgan fingerprint density at radius 3 is 1.90 bits per heavy atom. The van der Waals surface area contributed by atoms with Crippen molar-refractivity contribution in [3.8, 4) is 33.4 Å². The smallest absolute Gasteiger partial charge is 0.333 e. The number of anilines is 3. The van der Waals surface area contributed by atoms with Crippen molar-refractivity contribution in [1.82, 2.24) is 4.48 Å². The van der Waals surface area contributed by atoms with E-state index in [0.29, 0.717) is 0 Å². The van der Waals surface area contributed by atoms with Crippen LogP contribution in [0.15, 0.2) is 121 Å². The predicted octanol–water partition coefficient (Wildman–Crippen LogP) is 13.5. The first-order valence-corrected chi connectivity index (χ1v) is 22.3. The highest BCUT2D eigenvalue weighted by molar-refractivity contribution is 6.90. The van der Waals surface area contributed by atoms with Gasteiger partial charge < -0.3 is 9.38 Å². The van der Waals surface area contributed by atoms with Crippen LogP contribution in [0, 0.1) is 6.92 Å². The summed E-state index contributed by atoms with van der Waals surface area (Å²) in [6.45, 7) is 22.1. The van der Waals surface area contributed by atoms with Crippen LogP contribution in [0.2, 0.25) is 0 Å². The van der Waals surface area contributed by atoms with Crippen molar-refractivity contribution in [2.75, 3.05) is 4.90 Å². The Morgan fingerprint density at radius 1 is 0.500 bits per heavy atom. The summed E-state index contributed by atoms with van der Waals surface area (Å²) in [5.41, 5.74) is 26.4. The average Bonchev–Trinajstić information content (AvgIpc) is 3.80. The highest BCUT2D eigenvalue weighted by atomic mass is 15.2. The Labute approximate surface area is 355 Å². The van der Waals surface area contributed by atoms with Gasteiger partial charge in [-0.05, 0) is 121 Å². The molecule has 2 nitrogen and oxygen atoms in total. The minimum atomic E-state index is -0.209. The van der Waals surface area contributed by atoms with Crippen molar-refractivity contribution in [2.45, 2.75) is 96.8 Å². The predicted molar refractivity (Wildman–Crippen MR) is 255 cm³/mol. The normalized spacial score (nSPS) is 18.4. The first-order valence-electron chi connectivity index (χ1n) is 22.3. The topological polar surface area (TPSA) is 8.17 Å². The molecule has 13 rings (SSSR count). The lowest BCUT2D eigenvalue weighted by Crippen LogP contribution is -2.59. The SMILES string of the molecule is Cc1cc2c(cc1N1c3ccc4c(c3B3c5c(cc6ccccc6c51)-c1cccc5c6c(n3c15)C(C)(C)c1ccccc1-6)C(C)(C)c1ccccc1-4)C(C)(C)CCC2(C)C. The van der Waals surface area contributed by atoms with Gasteiger partial charge in [-0.2, -0.15) is 0 Å². The largest absolute Gasteiger partial charge is 0.378 e. The second-order valence-corrected chi connectivity index (χ2v) is 21.2. The molecule has 0 N–H and O–H groups in total. The minimum absolute atomic E-state index is 0.0301. The quantitative estimate of drug-likeness (QED) is 0.151. The molecule has 0 radical (unpaired) electrons. The van der Waals surface area contributed by atoms with E-state index in [0.717, 1.165) is 0 Å². The van der Waals surface area contributed by atoms with Crippen molar-refractivity contribution in [3.05, 3.63) is 160 Å². The lowest BCUT2D eigenvalue weighted by molar-refractivity contribution is 0.332. The zero-order valence-electron chi connectivity index (χ0n) is 36.4. The van der Waals surface area contributed by atoms with Gasteiger partial charge in [0.15, 0.2) is 0 Å². The fourth-order valence-electron chi connectivity index (χ4n) is 13.3. The molecule has 8 aromatic rings. The van der Waals surface area contributed by atoms with E-state index in [9.17, 15) is 0 Å². The van der Waals surface area contributed by atoms with Crippen LogP contribution in [0.25, 0.3) is 55.1 Å². The molecule has 0 amide bonds. The van der Waals surface area contributed by atoms with Crippen molar-refractivity contribution in [3.63, 3.8) is 0 Å². The van der Waals surface area contributed by atoms with Crippen LogP contribution in [0.3, 0.4) is 0 Å². The molecule has 3 heteroatoms. The maximum absolute atomic E-state index is 2.86. The molecule has 60 heavy (non-hydrogen) atoms. The average molecular weight is 775 g/mol. The summed E-state index contributed by atoms with van der Waals surface area (Å²) in [7, 11) is 0. The first kappa shape index (κ1) is 35.0. The molecule has 0 atom stereocenters. The molecular weight excluding hydrogens is 723 g/mol. The standard InChI is InChI=1S/C57H51BN2/c1-32-29-43-44(55(4,5)28-27-54(43,2)3)31-46(32)59-45-26-25-36-35-19-12-14-23-41(35)56(6,7)48(36)50(45)58-49-40(30-33-17-10-11-18-34(33)52(49)59)37-21-16-22-39-47-38-20-13-15-24-42(38)57(8,9)53(47)60(58)51(37)39/h10-26,29-31H,27-28H2,1-9H3. The van der Waals surface area contributed by atoms with Crippen LogP contribution in [0.5, 0.6) is 0 Å². The number of fused-ring (bicyclic) bond motifs is 16. The molecule has 0 saturated heterocycles. The van der Waals surface area contributed by atoms with E-state index >= 15 is 0 Å². The molecule has 292 valence electrons. The maximum atomic E-state index is 2.86. The monoisotopic (exact) mass is 774 g/mol. The van der Waals surface area contributed by atoms with E-state index in [1.165, 1.54) is 135 Å². The highest BCUT2D eigenvalue weighted by Crippen LogP contribution is 2.59. The fourth-order valence-corrected chi connectivity index (χ4v) is 13.3. The number of rotatable bonds is 1. The van der Waals surface area contributed by atoms with Crippen molar-refractivity contribution in [2.24, 2.45) is 0 Å². The van der Waals surface area contributed by atoms with E-state index in [4.69, 9.17) is 0 Å². The molecule has 0 fully saturated rings. The Bertz CT molecular complexity index is 3300. The number of aryl methyl sites for hydroxylation is 1. The van der Waals surface area contributed by atoms with Crippen LogP contribution < -0.4 is 15.8 Å². The third-order valence-corrected chi connectivity index (χ3v) is 16.3. The Balaban J connectivity index is 1.24. The minimum Gasteiger partial charge on any atom is -0.378 e. The number of para-hydroxylation sites is 1. The summed E-state index contributed by atoms with van der Waals surface area (Å²) in [6, 6.07) is 47.5. The first-order chi connectivity index (χ1) is 28.7. The number of benzene rings is 7. The van der Waals surface area contributed by atoms with E-state index < -0.39 is 0 Å². The van der Waals surface area contributed by atoms with E-state index in [1.54, 1.807) is 0 Å². The molecule has 7 aromatic carbocycles. The maximum Gasteiger partial charge on any atom is 0.333 e. The van der Waals surface area contributed by atoms with Gasteiger partial charge in [-0.3, -0.25) is 0 Å². The van der Waals surface area contributed by atoms with E-state index in [-0.39, 0.29) is 28.5 Å². The zero-order valence-corrected chi connectivity index (χ0v) is 36.4. The van der Waals surface area contributed by atoms with Crippen LogP contribution in [-0.2, 0) is 21.7 Å². The number of nitrogens with zero attached hydrogens (tertiary/aromatic N) is 2. The molecule has 0 bridgehead atoms. The fraction of sp³-hybridized carbons (Fsp3) is 0.263. The summed E-state index contributed by atoms with van der Waals surface area (Å²) >= 11 is 0. The molecular formula is C57H51BN2. The Hall–Kier alpha value is -5.80. The molecule has 5 aliphatic rings. The van der Waals surface area contributed by atoms with Gasteiger partial charge in [0.25, 0.3) is 0 Å². The third kappa shape index (κ3) is 3.99. The van der Waals surface area contributed by atoms with E-state index in [2.05, 4.69) is 193 Å². The van der Waals surface area contributed by atoms with Crippen LogP contribution >= 0.6 is 0 Å². The zero-order chi connectivity index (χ0) is 41.0. The molecule has 0 saturated carbocycles. The van der Waals surface area contributed by atoms with Crippen LogP contribution in [0.4, 0.5) is 17.1 Å². The van der Waals surface area contributed by atoms with Crippen molar-refractivity contribution >= 4 is 56.5 Å². The van der Waals surface area contributed by atoms with Crippen molar-refractivity contribution < 1.29 is 0 Å². The molecule has 3 heterocycles. The molecule has 1 aromatic heterocycles. The lowest BCUT2D eigenvalue weighted by atomic mass is 9.42. The number of aromatic nitrogens is 1. The molecule has 0 unspecified atom stereocenters. The molecule has 2 aliphatic heterocycles. The second kappa shape index (κ2) is 10.9. The third-order valence-electron chi connectivity index (χ3n) is 16.3. The van der Waals surface area contributed by atoms with Gasteiger partial charge in [0, 0.05) is 55.3 Å². The van der Waals surface area contributed by atoms with Gasteiger partial charge in [0.2, 0.25) is 0 Å². The van der Waals surface area contributed by atoms with Gasteiger partial charge in [-0.1, -0.05) is 159 Å². The van der Waals surface area contributed by atoms with Gasteiger partial charge in [0.1, 0.15) is 0 Å². The number of hydrogen-bond donors (Lipinski definition) is 0. The van der Waals surface area contributed by atoms with Crippen LogP contribution in [0.1, 0.15) is 107 Å². The summed E-state index contributed by atoms with van der Waals surface area (Å²) in [5.74, 6) is 0. The lowest BCUT2D eigenvalue weighted by Gasteiger charge is -2.46. The van der Waals surface area contributed by atoms with Crippen molar-refractivity contribution in [1.29, 1.82) is 0 Å². The Morgan fingerprint density at radius 2 is 1.13 bits per heavy atom. The summed E-state index contributed by atoms with van der Waals surface area (Å²) in [6.07, 6.45) is 2.38. The van der Waals surface area contributed by atoms with Gasteiger partial charge >= 0.3 is 6.85 Å². The second-order valence-electron chi connectivity index (χ2n) is 21.2. The highest BCUT2D eigenvalue weighted by Gasteiger charge is 2.52. The van der Waals surface area contributed by atoms with Gasteiger partial charge in [0.05, 0.1) is 5.69 Å². The number of hydrogen-bond acceptors (Lipinski definition) is 1. The van der Waals surface area contributed by atoms with Gasteiger partial charge in [-0.15, -0.1) is 0 Å². The molecule has 0 spiro atoms. The summed E-state index contributed by atoms with van der Waals surface area (Å²) in [4.78, 5) is 2.74. The molecule has 3 aliphatic carbocycles.